The molecule has 19 heavy (non-hydrogen) atoms. The molecule has 7 nitrogen and oxygen atoms in total. The van der Waals surface area contributed by atoms with E-state index >= 15 is 0 Å². The first-order chi connectivity index (χ1) is 8.82. The molecule has 108 valence electrons. The second kappa shape index (κ2) is 5.90. The zero-order valence-electron chi connectivity index (χ0n) is 11.5. The minimum atomic E-state index is -0.866. The molecule has 0 saturated heterocycles. The number of carbonyl (C=O) groups excluding carboxylic acids is 2. The molecule has 0 aromatic heterocycles. The molecular weight excluding hydrogens is 250 g/mol. The summed E-state index contributed by atoms with van der Waals surface area (Å²) in [5, 5.41) is 14.1. The average molecular weight is 271 g/mol. The highest BCUT2D eigenvalue weighted by atomic mass is 16.4. The van der Waals surface area contributed by atoms with Crippen LogP contribution in [0.5, 0.6) is 0 Å². The van der Waals surface area contributed by atoms with Gasteiger partial charge in [0.1, 0.15) is 0 Å². The summed E-state index contributed by atoms with van der Waals surface area (Å²) in [6.45, 7) is 2.15. The van der Waals surface area contributed by atoms with Gasteiger partial charge in [0.15, 0.2) is 0 Å². The Morgan fingerprint density at radius 2 is 1.95 bits per heavy atom. The highest BCUT2D eigenvalue weighted by Gasteiger charge is 2.50. The van der Waals surface area contributed by atoms with Gasteiger partial charge in [0, 0.05) is 27.2 Å². The molecule has 0 spiro atoms. The molecular formula is C12H21N3O4. The van der Waals surface area contributed by atoms with E-state index in [9.17, 15) is 14.4 Å². The lowest BCUT2D eigenvalue weighted by Crippen LogP contribution is -2.44. The zero-order chi connectivity index (χ0) is 14.6. The normalized spacial score (nSPS) is 17.2. The minimum absolute atomic E-state index is 0.135. The van der Waals surface area contributed by atoms with Crippen molar-refractivity contribution in [1.29, 1.82) is 0 Å². The van der Waals surface area contributed by atoms with E-state index < -0.39 is 11.4 Å². The van der Waals surface area contributed by atoms with Crippen LogP contribution >= 0.6 is 0 Å². The van der Waals surface area contributed by atoms with Crippen LogP contribution in [0.25, 0.3) is 0 Å². The fourth-order valence-corrected chi connectivity index (χ4v) is 1.82. The van der Waals surface area contributed by atoms with E-state index in [1.165, 1.54) is 4.90 Å². The predicted octanol–water partition coefficient (Wildman–Crippen LogP) is -0.125. The van der Waals surface area contributed by atoms with Gasteiger partial charge in [-0.3, -0.25) is 9.59 Å². The maximum atomic E-state index is 11.8. The first-order valence-corrected chi connectivity index (χ1v) is 6.26. The van der Waals surface area contributed by atoms with Crippen LogP contribution in [0.2, 0.25) is 0 Å². The summed E-state index contributed by atoms with van der Waals surface area (Å²) in [7, 11) is 3.12. The molecule has 1 fully saturated rings. The molecule has 0 aromatic carbocycles. The Morgan fingerprint density at radius 1 is 1.37 bits per heavy atom. The molecule has 0 aliphatic heterocycles. The van der Waals surface area contributed by atoms with Gasteiger partial charge in [-0.1, -0.05) is 6.92 Å². The predicted molar refractivity (Wildman–Crippen MR) is 68.6 cm³/mol. The molecule has 0 aromatic rings. The first-order valence-electron chi connectivity index (χ1n) is 6.26. The number of nitrogens with zero attached hydrogens (tertiary/aromatic N) is 1. The first kappa shape index (κ1) is 15.3. The van der Waals surface area contributed by atoms with Crippen LogP contribution in [-0.2, 0) is 9.59 Å². The molecule has 0 radical (unpaired) electrons. The number of carbonyl (C=O) groups is 3. The topological polar surface area (TPSA) is 98.7 Å². The summed E-state index contributed by atoms with van der Waals surface area (Å²) in [5.41, 5.74) is -0.775. The van der Waals surface area contributed by atoms with Crippen molar-refractivity contribution in [2.75, 3.05) is 27.2 Å². The Hall–Kier alpha value is -1.79. The molecule has 1 aliphatic carbocycles. The van der Waals surface area contributed by atoms with Crippen LogP contribution in [0.3, 0.4) is 0 Å². The summed E-state index contributed by atoms with van der Waals surface area (Å²) in [6.07, 6.45) is 1.20. The van der Waals surface area contributed by atoms with Crippen LogP contribution in [0.1, 0.15) is 19.8 Å². The number of aliphatic carboxylic acids is 1. The molecule has 3 N–H and O–H groups in total. The number of rotatable bonds is 6. The Morgan fingerprint density at radius 3 is 2.37 bits per heavy atom. The number of carboxylic acids is 1. The Bertz CT molecular complexity index is 379. The second-order valence-electron chi connectivity index (χ2n) is 5.14. The van der Waals surface area contributed by atoms with Crippen LogP contribution in [-0.4, -0.2) is 55.1 Å². The number of hydrogen-bond acceptors (Lipinski definition) is 3. The minimum Gasteiger partial charge on any atom is -0.481 e. The van der Waals surface area contributed by atoms with Crippen molar-refractivity contribution in [3.05, 3.63) is 0 Å². The van der Waals surface area contributed by atoms with Gasteiger partial charge in [-0.05, 0) is 12.8 Å². The van der Waals surface area contributed by atoms with Crippen molar-refractivity contribution in [2.45, 2.75) is 19.8 Å². The van der Waals surface area contributed by atoms with Gasteiger partial charge in [-0.25, -0.2) is 4.79 Å². The van der Waals surface area contributed by atoms with E-state index in [0.29, 0.717) is 12.8 Å². The van der Waals surface area contributed by atoms with E-state index in [1.54, 1.807) is 21.0 Å². The standard InChI is InChI=1S/C12H21N3O4/c1-8(9(16)13-2)6-15(3)11(19)14-7-12(4-5-12)10(17)18/h8H,4-7H2,1-3H3,(H,13,16)(H,14,19)(H,17,18). The Balaban J connectivity index is 2.37. The van der Waals surface area contributed by atoms with E-state index in [2.05, 4.69) is 10.6 Å². The van der Waals surface area contributed by atoms with Crippen LogP contribution in [0, 0.1) is 11.3 Å². The van der Waals surface area contributed by atoms with Crippen molar-refractivity contribution in [3.8, 4) is 0 Å². The molecule has 0 heterocycles. The number of nitrogens with one attached hydrogen (secondary N) is 2. The Kier molecular flexibility index (Phi) is 4.74. The molecule has 1 rings (SSSR count). The highest BCUT2D eigenvalue weighted by Crippen LogP contribution is 2.45. The van der Waals surface area contributed by atoms with Crippen molar-refractivity contribution in [3.63, 3.8) is 0 Å². The monoisotopic (exact) mass is 271 g/mol. The van der Waals surface area contributed by atoms with Crippen molar-refractivity contribution in [1.82, 2.24) is 15.5 Å². The lowest BCUT2D eigenvalue weighted by atomic mass is 10.1. The van der Waals surface area contributed by atoms with Gasteiger partial charge in [0.05, 0.1) is 11.3 Å². The summed E-state index contributed by atoms with van der Waals surface area (Å²) >= 11 is 0. The third-order valence-corrected chi connectivity index (χ3v) is 3.47. The van der Waals surface area contributed by atoms with Gasteiger partial charge in [0.25, 0.3) is 0 Å². The summed E-state index contributed by atoms with van der Waals surface area (Å²) in [4.78, 5) is 35.5. The number of amides is 3. The van der Waals surface area contributed by atoms with E-state index in [4.69, 9.17) is 5.11 Å². The number of hydrogen-bond donors (Lipinski definition) is 3. The van der Waals surface area contributed by atoms with Gasteiger partial charge >= 0.3 is 12.0 Å². The highest BCUT2D eigenvalue weighted by molar-refractivity contribution is 5.81. The molecule has 7 heteroatoms. The average Bonchev–Trinajstić information content (AvgIpc) is 3.15. The molecule has 1 atom stereocenters. The van der Waals surface area contributed by atoms with Crippen LogP contribution in [0.15, 0.2) is 0 Å². The molecule has 1 unspecified atom stereocenters. The van der Waals surface area contributed by atoms with Gasteiger partial charge < -0.3 is 20.6 Å². The zero-order valence-corrected chi connectivity index (χ0v) is 11.5. The largest absolute Gasteiger partial charge is 0.481 e. The van der Waals surface area contributed by atoms with E-state index in [1.807, 2.05) is 0 Å². The third kappa shape index (κ3) is 3.84. The number of carboxylic acid groups (broad SMARTS) is 1. The maximum Gasteiger partial charge on any atom is 0.317 e. The molecule has 3 amide bonds. The fourth-order valence-electron chi connectivity index (χ4n) is 1.82. The SMILES string of the molecule is CNC(=O)C(C)CN(C)C(=O)NCC1(C(=O)O)CC1. The van der Waals surface area contributed by atoms with Crippen molar-refractivity contribution >= 4 is 17.9 Å². The lowest BCUT2D eigenvalue weighted by Gasteiger charge is -2.22. The van der Waals surface area contributed by atoms with Gasteiger partial charge in [-0.15, -0.1) is 0 Å². The maximum absolute atomic E-state index is 11.8. The summed E-state index contributed by atoms with van der Waals surface area (Å²) < 4.78 is 0. The fraction of sp³-hybridized carbons (Fsp3) is 0.750. The van der Waals surface area contributed by atoms with Crippen molar-refractivity contribution in [2.24, 2.45) is 11.3 Å². The summed E-state index contributed by atoms with van der Waals surface area (Å²) in [5.74, 6) is -1.31. The number of urea groups is 1. The quantitative estimate of drug-likeness (QED) is 0.627. The molecule has 0 bridgehead atoms. The van der Waals surface area contributed by atoms with Crippen molar-refractivity contribution < 1.29 is 19.5 Å². The van der Waals surface area contributed by atoms with E-state index in [0.717, 1.165) is 0 Å². The smallest absolute Gasteiger partial charge is 0.317 e. The van der Waals surface area contributed by atoms with Crippen LogP contribution < -0.4 is 10.6 Å². The molecule has 1 saturated carbocycles. The second-order valence-corrected chi connectivity index (χ2v) is 5.14. The third-order valence-electron chi connectivity index (χ3n) is 3.47. The van der Waals surface area contributed by atoms with Gasteiger partial charge in [0.2, 0.25) is 5.91 Å². The lowest BCUT2D eigenvalue weighted by molar-refractivity contribution is -0.143. The van der Waals surface area contributed by atoms with Gasteiger partial charge in [-0.2, -0.15) is 0 Å². The molecule has 1 aliphatic rings. The van der Waals surface area contributed by atoms with E-state index in [-0.39, 0.29) is 30.9 Å². The summed E-state index contributed by atoms with van der Waals surface area (Å²) in [6, 6.07) is -0.358. The van der Waals surface area contributed by atoms with Crippen LogP contribution in [0.4, 0.5) is 4.79 Å². The Labute approximate surface area is 112 Å².